The summed E-state index contributed by atoms with van der Waals surface area (Å²) in [5, 5.41) is 5.13. The van der Waals surface area contributed by atoms with Crippen LogP contribution < -0.4 is 9.47 Å². The molecule has 158 valence electrons. The average molecular weight is 492 g/mol. The molecule has 0 bridgehead atoms. The number of rotatable bonds is 7. The van der Waals surface area contributed by atoms with Gasteiger partial charge in [0.25, 0.3) is 0 Å². The molecule has 0 aliphatic heterocycles. The maximum absolute atomic E-state index is 11.9. The number of halogens is 2. The van der Waals surface area contributed by atoms with Gasteiger partial charge in [0, 0.05) is 34.6 Å². The van der Waals surface area contributed by atoms with Crippen molar-refractivity contribution in [3.8, 4) is 22.8 Å². The molecule has 3 aromatic rings. The van der Waals surface area contributed by atoms with Crippen molar-refractivity contribution in [1.29, 1.82) is 0 Å². The van der Waals surface area contributed by atoms with Gasteiger partial charge in [-0.2, -0.15) is 5.10 Å². The van der Waals surface area contributed by atoms with Crippen LogP contribution in [-0.2, 0) is 18.4 Å². The van der Waals surface area contributed by atoms with Crippen molar-refractivity contribution >= 4 is 33.5 Å². The smallest absolute Gasteiger partial charge is 0.311 e. The predicted molar refractivity (Wildman–Crippen MR) is 122 cm³/mol. The fourth-order valence-electron chi connectivity index (χ4n) is 3.14. The standard InChI is InChI=1S/C23H24BrClN2O3/c1-5-7-21(28)30-20-9-6-8-18(24)17(20)13-29-19-11-10-16(12-14(19)2)22-15(3)23(25)27(4)26-22/h6,8-12H,5,7,13H2,1-4H3. The van der Waals surface area contributed by atoms with E-state index >= 15 is 0 Å². The van der Waals surface area contributed by atoms with Crippen LogP contribution in [0.4, 0.5) is 0 Å². The zero-order valence-electron chi connectivity index (χ0n) is 17.5. The minimum absolute atomic E-state index is 0.248. The summed E-state index contributed by atoms with van der Waals surface area (Å²) < 4.78 is 14.1. The molecule has 30 heavy (non-hydrogen) atoms. The van der Waals surface area contributed by atoms with Crippen LogP contribution in [0.2, 0.25) is 5.15 Å². The third-order valence-electron chi connectivity index (χ3n) is 4.77. The van der Waals surface area contributed by atoms with Gasteiger partial charge in [-0.15, -0.1) is 0 Å². The highest BCUT2D eigenvalue weighted by Gasteiger charge is 2.15. The quantitative estimate of drug-likeness (QED) is 0.283. The van der Waals surface area contributed by atoms with Gasteiger partial charge in [0.2, 0.25) is 0 Å². The van der Waals surface area contributed by atoms with E-state index in [4.69, 9.17) is 21.1 Å². The van der Waals surface area contributed by atoms with E-state index < -0.39 is 0 Å². The summed E-state index contributed by atoms with van der Waals surface area (Å²) in [5.41, 5.74) is 4.55. The number of nitrogens with zero attached hydrogens (tertiary/aromatic N) is 2. The molecule has 0 saturated carbocycles. The molecule has 0 fully saturated rings. The number of esters is 1. The molecule has 0 saturated heterocycles. The molecule has 0 radical (unpaired) electrons. The first-order valence-corrected chi connectivity index (χ1v) is 10.9. The van der Waals surface area contributed by atoms with Crippen LogP contribution in [0.15, 0.2) is 40.9 Å². The summed E-state index contributed by atoms with van der Waals surface area (Å²) in [6.45, 7) is 6.16. The van der Waals surface area contributed by atoms with Crippen molar-refractivity contribution in [2.24, 2.45) is 7.05 Å². The summed E-state index contributed by atoms with van der Waals surface area (Å²) in [4.78, 5) is 11.9. The normalized spacial score (nSPS) is 10.9. The molecule has 0 aliphatic carbocycles. The Labute approximate surface area is 190 Å². The number of aromatic nitrogens is 2. The molecule has 0 amide bonds. The van der Waals surface area contributed by atoms with Crippen LogP contribution in [0, 0.1) is 13.8 Å². The van der Waals surface area contributed by atoms with Crippen molar-refractivity contribution in [2.75, 3.05) is 0 Å². The van der Waals surface area contributed by atoms with Gasteiger partial charge in [-0.1, -0.05) is 40.5 Å². The lowest BCUT2D eigenvalue weighted by Gasteiger charge is -2.14. The number of carbonyl (C=O) groups excluding carboxylic acids is 1. The molecule has 0 N–H and O–H groups in total. The van der Waals surface area contributed by atoms with Crippen LogP contribution >= 0.6 is 27.5 Å². The minimum atomic E-state index is -0.248. The average Bonchev–Trinajstić information content (AvgIpc) is 2.96. The zero-order chi connectivity index (χ0) is 21.8. The monoisotopic (exact) mass is 490 g/mol. The van der Waals surface area contributed by atoms with Gasteiger partial charge in [-0.25, -0.2) is 0 Å². The SMILES string of the molecule is CCCC(=O)Oc1cccc(Br)c1COc1ccc(-c2nn(C)c(Cl)c2C)cc1C. The Morgan fingerprint density at radius 3 is 2.60 bits per heavy atom. The fourth-order valence-corrected chi connectivity index (χ4v) is 3.73. The van der Waals surface area contributed by atoms with Gasteiger partial charge in [-0.3, -0.25) is 9.48 Å². The highest BCUT2D eigenvalue weighted by molar-refractivity contribution is 9.10. The van der Waals surface area contributed by atoms with E-state index in [0.29, 0.717) is 17.3 Å². The number of benzene rings is 2. The largest absolute Gasteiger partial charge is 0.488 e. The van der Waals surface area contributed by atoms with Gasteiger partial charge >= 0.3 is 5.97 Å². The Balaban J connectivity index is 1.80. The zero-order valence-corrected chi connectivity index (χ0v) is 19.8. The first-order chi connectivity index (χ1) is 14.3. The van der Waals surface area contributed by atoms with Gasteiger partial charge in [-0.05, 0) is 56.2 Å². The van der Waals surface area contributed by atoms with Crippen molar-refractivity contribution in [1.82, 2.24) is 9.78 Å². The van der Waals surface area contributed by atoms with Gasteiger partial charge in [0.1, 0.15) is 23.3 Å². The topological polar surface area (TPSA) is 53.4 Å². The molecule has 0 unspecified atom stereocenters. The lowest BCUT2D eigenvalue weighted by molar-refractivity contribution is -0.134. The lowest BCUT2D eigenvalue weighted by atomic mass is 10.1. The van der Waals surface area contributed by atoms with E-state index in [9.17, 15) is 4.79 Å². The second-order valence-corrected chi connectivity index (χ2v) is 8.31. The van der Waals surface area contributed by atoms with Crippen LogP contribution in [0.3, 0.4) is 0 Å². The van der Waals surface area contributed by atoms with Crippen molar-refractivity contribution in [3.63, 3.8) is 0 Å². The second-order valence-electron chi connectivity index (χ2n) is 7.10. The van der Waals surface area contributed by atoms with Gasteiger partial charge in [0.05, 0.1) is 5.69 Å². The summed E-state index contributed by atoms with van der Waals surface area (Å²) in [6.07, 6.45) is 1.12. The van der Waals surface area contributed by atoms with Gasteiger partial charge < -0.3 is 9.47 Å². The van der Waals surface area contributed by atoms with E-state index in [1.807, 2.05) is 58.2 Å². The first kappa shape index (κ1) is 22.4. The van der Waals surface area contributed by atoms with Gasteiger partial charge in [0.15, 0.2) is 0 Å². The molecular weight excluding hydrogens is 468 g/mol. The molecule has 5 nitrogen and oxygen atoms in total. The van der Waals surface area contributed by atoms with Crippen molar-refractivity contribution < 1.29 is 14.3 Å². The third kappa shape index (κ3) is 4.87. The Morgan fingerprint density at radius 1 is 1.20 bits per heavy atom. The molecule has 2 aromatic carbocycles. The Bertz CT molecular complexity index is 1080. The number of hydrogen-bond acceptors (Lipinski definition) is 4. The number of carbonyl (C=O) groups is 1. The highest BCUT2D eigenvalue weighted by atomic mass is 79.9. The van der Waals surface area contributed by atoms with Crippen molar-refractivity contribution in [2.45, 2.75) is 40.2 Å². The minimum Gasteiger partial charge on any atom is -0.488 e. The van der Waals surface area contributed by atoms with Crippen LogP contribution in [0.5, 0.6) is 11.5 Å². The lowest BCUT2D eigenvalue weighted by Crippen LogP contribution is -2.10. The molecule has 0 aliphatic rings. The Hall–Kier alpha value is -2.31. The van der Waals surface area contributed by atoms with E-state index in [-0.39, 0.29) is 12.6 Å². The first-order valence-electron chi connectivity index (χ1n) is 9.72. The fraction of sp³-hybridized carbons (Fsp3) is 0.304. The summed E-state index contributed by atoms with van der Waals surface area (Å²) in [7, 11) is 1.83. The van der Waals surface area contributed by atoms with E-state index in [2.05, 4.69) is 21.0 Å². The summed E-state index contributed by atoms with van der Waals surface area (Å²) in [5.74, 6) is 1.01. The molecule has 1 heterocycles. The summed E-state index contributed by atoms with van der Waals surface area (Å²) >= 11 is 9.79. The molecule has 3 rings (SSSR count). The summed E-state index contributed by atoms with van der Waals surface area (Å²) in [6, 6.07) is 11.4. The Morgan fingerprint density at radius 2 is 1.97 bits per heavy atom. The highest BCUT2D eigenvalue weighted by Crippen LogP contribution is 2.32. The molecule has 7 heteroatoms. The number of ether oxygens (including phenoxy) is 2. The Kier molecular flexibility index (Phi) is 7.21. The maximum atomic E-state index is 11.9. The molecule has 1 aromatic heterocycles. The van der Waals surface area contributed by atoms with Crippen LogP contribution in [-0.4, -0.2) is 15.7 Å². The molecule has 0 atom stereocenters. The third-order valence-corrected chi connectivity index (χ3v) is 6.04. The number of hydrogen-bond donors (Lipinski definition) is 0. The van der Waals surface area contributed by atoms with E-state index in [1.165, 1.54) is 0 Å². The van der Waals surface area contributed by atoms with Crippen LogP contribution in [0.25, 0.3) is 11.3 Å². The number of aryl methyl sites for hydroxylation is 2. The van der Waals surface area contributed by atoms with Crippen molar-refractivity contribution in [3.05, 3.63) is 62.7 Å². The van der Waals surface area contributed by atoms with E-state index in [1.54, 1.807) is 10.7 Å². The molecule has 0 spiro atoms. The van der Waals surface area contributed by atoms with E-state index in [0.717, 1.165) is 44.6 Å². The predicted octanol–water partition coefficient (Wildman–Crippen LogP) is 6.40. The molecular formula is C23H24BrClN2O3. The van der Waals surface area contributed by atoms with Crippen LogP contribution in [0.1, 0.15) is 36.5 Å². The second kappa shape index (κ2) is 9.67. The maximum Gasteiger partial charge on any atom is 0.311 e.